The van der Waals surface area contributed by atoms with E-state index in [0.29, 0.717) is 5.39 Å². The Morgan fingerprint density at radius 2 is 1.85 bits per heavy atom. The van der Waals surface area contributed by atoms with Gasteiger partial charge in [0.2, 0.25) is 5.43 Å². The highest BCUT2D eigenvalue weighted by molar-refractivity contribution is 9.10. The second-order valence-corrected chi connectivity index (χ2v) is 8.72. The van der Waals surface area contributed by atoms with E-state index in [0.717, 1.165) is 42.1 Å². The standard InChI is InChI=1S/C21H25BrN2O2/c1-13-9-14-10-15(22)11-17-19(14)24(13)12-18(20(17)25)21(26)23-16-7-5-3-2-4-6-8-16/h10-13,16H,2-9H2,1H3,(H,23,26)/t13-/m0/s1. The highest BCUT2D eigenvalue weighted by atomic mass is 79.9. The van der Waals surface area contributed by atoms with Gasteiger partial charge >= 0.3 is 0 Å². The van der Waals surface area contributed by atoms with Gasteiger partial charge in [0.05, 0.1) is 5.52 Å². The molecule has 2 aliphatic rings. The molecule has 0 saturated heterocycles. The van der Waals surface area contributed by atoms with Gasteiger partial charge in [-0.2, -0.15) is 0 Å². The number of halogens is 1. The van der Waals surface area contributed by atoms with Crippen LogP contribution in [0.5, 0.6) is 0 Å². The number of nitrogens with zero attached hydrogens (tertiary/aromatic N) is 1. The molecule has 26 heavy (non-hydrogen) atoms. The molecule has 1 aliphatic heterocycles. The molecule has 2 aromatic rings. The fourth-order valence-corrected chi connectivity index (χ4v) is 4.99. The molecule has 1 N–H and O–H groups in total. The van der Waals surface area contributed by atoms with E-state index in [1.165, 1.54) is 24.8 Å². The van der Waals surface area contributed by atoms with Gasteiger partial charge in [-0.1, -0.05) is 48.0 Å². The Bertz CT molecular complexity index is 910. The van der Waals surface area contributed by atoms with Gasteiger partial charge < -0.3 is 9.88 Å². The highest BCUT2D eigenvalue weighted by Crippen LogP contribution is 2.33. The van der Waals surface area contributed by atoms with E-state index in [2.05, 4.69) is 38.8 Å². The zero-order valence-corrected chi connectivity index (χ0v) is 16.8. The third kappa shape index (κ3) is 3.22. The Morgan fingerprint density at radius 1 is 1.15 bits per heavy atom. The molecule has 1 atom stereocenters. The maximum Gasteiger partial charge on any atom is 0.256 e. The number of benzene rings is 1. The monoisotopic (exact) mass is 416 g/mol. The predicted molar refractivity (Wildman–Crippen MR) is 108 cm³/mol. The van der Waals surface area contributed by atoms with Crippen LogP contribution < -0.4 is 10.7 Å². The quantitative estimate of drug-likeness (QED) is 0.769. The summed E-state index contributed by atoms with van der Waals surface area (Å²) in [6, 6.07) is 4.38. The number of hydrogen-bond donors (Lipinski definition) is 1. The van der Waals surface area contributed by atoms with Gasteiger partial charge in [-0.25, -0.2) is 0 Å². The average molecular weight is 417 g/mol. The van der Waals surface area contributed by atoms with Gasteiger partial charge in [0.25, 0.3) is 5.91 Å². The Hall–Kier alpha value is -1.62. The topological polar surface area (TPSA) is 51.1 Å². The lowest BCUT2D eigenvalue weighted by Gasteiger charge is -2.21. The number of pyridine rings is 1. The van der Waals surface area contributed by atoms with Crippen molar-refractivity contribution in [2.24, 2.45) is 0 Å². The van der Waals surface area contributed by atoms with Gasteiger partial charge in [-0.05, 0) is 43.9 Å². The van der Waals surface area contributed by atoms with E-state index in [1.54, 1.807) is 6.20 Å². The molecule has 1 aliphatic carbocycles. The summed E-state index contributed by atoms with van der Waals surface area (Å²) >= 11 is 3.51. The van der Waals surface area contributed by atoms with E-state index in [9.17, 15) is 9.59 Å². The fraction of sp³-hybridized carbons (Fsp3) is 0.524. The maximum absolute atomic E-state index is 13.0. The van der Waals surface area contributed by atoms with Gasteiger partial charge in [-0.15, -0.1) is 0 Å². The van der Waals surface area contributed by atoms with Crippen LogP contribution in [0.25, 0.3) is 10.9 Å². The molecule has 4 rings (SSSR count). The van der Waals surface area contributed by atoms with Crippen molar-refractivity contribution in [3.05, 3.63) is 44.2 Å². The van der Waals surface area contributed by atoms with Crippen molar-refractivity contribution in [3.63, 3.8) is 0 Å². The van der Waals surface area contributed by atoms with Crippen LogP contribution in [0.3, 0.4) is 0 Å². The third-order valence-electron chi connectivity index (χ3n) is 5.84. The first-order valence-corrected chi connectivity index (χ1v) is 10.5. The molecular formula is C21H25BrN2O2. The second-order valence-electron chi connectivity index (χ2n) is 7.81. The van der Waals surface area contributed by atoms with Gasteiger partial charge in [0.1, 0.15) is 5.56 Å². The van der Waals surface area contributed by atoms with E-state index >= 15 is 0 Å². The van der Waals surface area contributed by atoms with Crippen LogP contribution in [0.1, 0.15) is 73.8 Å². The smallest absolute Gasteiger partial charge is 0.256 e. The van der Waals surface area contributed by atoms with Crippen molar-refractivity contribution in [2.75, 3.05) is 0 Å². The summed E-state index contributed by atoms with van der Waals surface area (Å²) in [5, 5.41) is 3.78. The molecule has 0 spiro atoms. The predicted octanol–water partition coefficient (Wildman–Crippen LogP) is 4.72. The van der Waals surface area contributed by atoms with Crippen LogP contribution in [0, 0.1) is 0 Å². The molecule has 0 bridgehead atoms. The highest BCUT2D eigenvalue weighted by Gasteiger charge is 2.26. The molecule has 4 nitrogen and oxygen atoms in total. The Balaban J connectivity index is 1.70. The first-order valence-electron chi connectivity index (χ1n) is 9.72. The van der Waals surface area contributed by atoms with Crippen LogP contribution in [0.4, 0.5) is 0 Å². The van der Waals surface area contributed by atoms with Crippen LogP contribution in [-0.2, 0) is 6.42 Å². The van der Waals surface area contributed by atoms with Crippen molar-refractivity contribution >= 4 is 32.7 Å². The third-order valence-corrected chi connectivity index (χ3v) is 6.30. The minimum Gasteiger partial charge on any atom is -0.349 e. The van der Waals surface area contributed by atoms with Crippen LogP contribution >= 0.6 is 15.9 Å². The molecule has 1 saturated carbocycles. The Morgan fingerprint density at radius 3 is 2.58 bits per heavy atom. The summed E-state index contributed by atoms with van der Waals surface area (Å²) in [4.78, 5) is 25.9. The molecule has 5 heteroatoms. The first kappa shape index (κ1) is 17.8. The van der Waals surface area contributed by atoms with Crippen molar-refractivity contribution in [1.29, 1.82) is 0 Å². The lowest BCUT2D eigenvalue weighted by atomic mass is 9.96. The maximum atomic E-state index is 13.0. The number of hydrogen-bond acceptors (Lipinski definition) is 2. The summed E-state index contributed by atoms with van der Waals surface area (Å²) < 4.78 is 3.00. The molecule has 1 amide bonds. The van der Waals surface area contributed by atoms with Crippen molar-refractivity contribution < 1.29 is 4.79 Å². The normalized spacial score (nSPS) is 20.8. The molecule has 0 radical (unpaired) electrons. The summed E-state index contributed by atoms with van der Waals surface area (Å²) in [5.41, 5.74) is 2.27. The molecule has 1 aromatic heterocycles. The Kier molecular flexibility index (Phi) is 4.91. The van der Waals surface area contributed by atoms with Crippen molar-refractivity contribution in [3.8, 4) is 0 Å². The van der Waals surface area contributed by atoms with Crippen molar-refractivity contribution in [2.45, 2.75) is 70.4 Å². The van der Waals surface area contributed by atoms with E-state index in [4.69, 9.17) is 0 Å². The van der Waals surface area contributed by atoms with E-state index in [1.807, 2.05) is 6.07 Å². The number of rotatable bonds is 2. The number of carbonyl (C=O) groups excluding carboxylic acids is 1. The first-order chi connectivity index (χ1) is 12.5. The average Bonchev–Trinajstić information content (AvgIpc) is 2.88. The largest absolute Gasteiger partial charge is 0.349 e. The van der Waals surface area contributed by atoms with Gasteiger partial charge in [0.15, 0.2) is 0 Å². The second kappa shape index (κ2) is 7.18. The van der Waals surface area contributed by atoms with E-state index in [-0.39, 0.29) is 29.0 Å². The lowest BCUT2D eigenvalue weighted by Crippen LogP contribution is -2.38. The van der Waals surface area contributed by atoms with Crippen LogP contribution in [-0.4, -0.2) is 16.5 Å². The number of amides is 1. The van der Waals surface area contributed by atoms with Gasteiger partial charge in [-0.3, -0.25) is 9.59 Å². The number of aromatic nitrogens is 1. The zero-order chi connectivity index (χ0) is 18.3. The fourth-order valence-electron chi connectivity index (χ4n) is 4.49. The van der Waals surface area contributed by atoms with Gasteiger partial charge in [0, 0.05) is 28.1 Å². The summed E-state index contributed by atoms with van der Waals surface area (Å²) in [7, 11) is 0. The molecular weight excluding hydrogens is 392 g/mol. The SMILES string of the molecule is C[C@H]1Cc2cc(Br)cc3c(=O)c(C(=O)NC4CCCCCCC4)cn1c23. The number of nitrogens with one attached hydrogen (secondary N) is 1. The van der Waals surface area contributed by atoms with E-state index < -0.39 is 0 Å². The molecule has 1 fully saturated rings. The zero-order valence-electron chi connectivity index (χ0n) is 15.2. The summed E-state index contributed by atoms with van der Waals surface area (Å²) in [6.07, 6.45) is 10.8. The minimum absolute atomic E-state index is 0.156. The molecule has 1 aromatic carbocycles. The van der Waals surface area contributed by atoms with Crippen molar-refractivity contribution in [1.82, 2.24) is 9.88 Å². The molecule has 2 heterocycles. The minimum atomic E-state index is -0.216. The molecule has 0 unspecified atom stereocenters. The summed E-state index contributed by atoms with van der Waals surface area (Å²) in [6.45, 7) is 2.13. The number of carbonyl (C=O) groups is 1. The van der Waals surface area contributed by atoms with Crippen LogP contribution in [0.2, 0.25) is 0 Å². The Labute approximate surface area is 162 Å². The lowest BCUT2D eigenvalue weighted by molar-refractivity contribution is 0.0928. The molecule has 138 valence electrons. The van der Waals surface area contributed by atoms with Crippen LogP contribution in [0.15, 0.2) is 27.6 Å². The summed E-state index contributed by atoms with van der Waals surface area (Å²) in [5.74, 6) is -0.216.